The number of likely N-dealkylation sites (tertiary alicyclic amines) is 1. The molecule has 0 aromatic heterocycles. The normalized spacial score (nSPS) is 15.3. The first-order valence-electron chi connectivity index (χ1n) is 8.99. The fourth-order valence-corrected chi connectivity index (χ4v) is 4.61. The third-order valence-corrected chi connectivity index (χ3v) is 6.40. The molecule has 6 heteroatoms. The van der Waals surface area contributed by atoms with E-state index in [0.717, 1.165) is 25.7 Å². The van der Waals surface area contributed by atoms with E-state index in [1.54, 1.807) is 59.5 Å². The summed E-state index contributed by atoms with van der Waals surface area (Å²) in [6, 6.07) is 17.1. The number of rotatable bonds is 5. The van der Waals surface area contributed by atoms with Gasteiger partial charge in [-0.05, 0) is 37.1 Å². The minimum absolute atomic E-state index is 0.143. The van der Waals surface area contributed by atoms with E-state index < -0.39 is 10.0 Å². The highest BCUT2D eigenvalue weighted by molar-refractivity contribution is 7.92. The maximum Gasteiger partial charge on any atom is 0.264 e. The van der Waals surface area contributed by atoms with Gasteiger partial charge in [0.15, 0.2) is 0 Å². The number of anilines is 1. The molecule has 0 aliphatic carbocycles. The summed E-state index contributed by atoms with van der Waals surface area (Å²) in [6.45, 7) is 1.22. The number of amides is 1. The molecule has 1 saturated heterocycles. The van der Waals surface area contributed by atoms with E-state index in [1.165, 1.54) is 4.31 Å². The van der Waals surface area contributed by atoms with Gasteiger partial charge in [0.1, 0.15) is 6.54 Å². The average Bonchev–Trinajstić information content (AvgIpc) is 2.97. The van der Waals surface area contributed by atoms with Crippen LogP contribution in [0.5, 0.6) is 0 Å². The van der Waals surface area contributed by atoms with Crippen molar-refractivity contribution < 1.29 is 13.2 Å². The number of sulfonamides is 1. The molecule has 2 aromatic carbocycles. The van der Waals surface area contributed by atoms with Crippen molar-refractivity contribution in [1.29, 1.82) is 0 Å². The van der Waals surface area contributed by atoms with Crippen LogP contribution in [0.4, 0.5) is 5.69 Å². The van der Waals surface area contributed by atoms with E-state index >= 15 is 0 Å². The molecule has 2 aromatic rings. The van der Waals surface area contributed by atoms with Crippen LogP contribution in [0.15, 0.2) is 65.6 Å². The Morgan fingerprint density at radius 2 is 1.38 bits per heavy atom. The van der Waals surface area contributed by atoms with E-state index in [0.29, 0.717) is 18.8 Å². The number of hydrogen-bond donors (Lipinski definition) is 0. The minimum Gasteiger partial charge on any atom is -0.341 e. The Balaban J connectivity index is 1.90. The van der Waals surface area contributed by atoms with Gasteiger partial charge in [0.25, 0.3) is 10.0 Å². The first-order chi connectivity index (χ1) is 12.6. The molecule has 0 saturated carbocycles. The van der Waals surface area contributed by atoms with Gasteiger partial charge in [-0.1, -0.05) is 49.2 Å². The molecular weight excluding hydrogens is 348 g/mol. The summed E-state index contributed by atoms with van der Waals surface area (Å²) in [7, 11) is -3.81. The van der Waals surface area contributed by atoms with Crippen LogP contribution in [0, 0.1) is 0 Å². The quantitative estimate of drug-likeness (QED) is 0.809. The summed E-state index contributed by atoms with van der Waals surface area (Å²) in [4.78, 5) is 14.8. The van der Waals surface area contributed by atoms with E-state index in [9.17, 15) is 13.2 Å². The summed E-state index contributed by atoms with van der Waals surface area (Å²) >= 11 is 0. The second-order valence-corrected chi connectivity index (χ2v) is 8.32. The van der Waals surface area contributed by atoms with Crippen LogP contribution in [-0.2, 0) is 14.8 Å². The predicted octanol–water partition coefficient (Wildman–Crippen LogP) is 3.28. The van der Waals surface area contributed by atoms with Crippen LogP contribution < -0.4 is 4.31 Å². The van der Waals surface area contributed by atoms with Crippen molar-refractivity contribution >= 4 is 21.6 Å². The van der Waals surface area contributed by atoms with Gasteiger partial charge in [-0.25, -0.2) is 8.42 Å². The number of nitrogens with zero attached hydrogens (tertiary/aromatic N) is 2. The lowest BCUT2D eigenvalue weighted by Crippen LogP contribution is -2.43. The van der Waals surface area contributed by atoms with Crippen molar-refractivity contribution in [2.75, 3.05) is 23.9 Å². The molecular formula is C20H24N2O3S. The fourth-order valence-electron chi connectivity index (χ4n) is 3.17. The first-order valence-corrected chi connectivity index (χ1v) is 10.4. The standard InChI is InChI=1S/C20H24N2O3S/c23-20(21-15-9-1-2-10-16-21)17-22(18-11-5-3-6-12-18)26(24,25)19-13-7-4-8-14-19/h3-8,11-14H,1-2,9-10,15-17H2. The Morgan fingerprint density at radius 1 is 0.846 bits per heavy atom. The number of para-hydroxylation sites is 1. The number of benzene rings is 2. The third kappa shape index (κ3) is 4.25. The number of carbonyl (C=O) groups excluding carboxylic acids is 1. The molecule has 0 unspecified atom stereocenters. The van der Waals surface area contributed by atoms with Gasteiger partial charge in [-0.3, -0.25) is 9.10 Å². The van der Waals surface area contributed by atoms with Gasteiger partial charge in [0.05, 0.1) is 10.6 Å². The topological polar surface area (TPSA) is 57.7 Å². The van der Waals surface area contributed by atoms with E-state index in [1.807, 2.05) is 6.07 Å². The van der Waals surface area contributed by atoms with Crippen LogP contribution in [0.3, 0.4) is 0 Å². The van der Waals surface area contributed by atoms with Crippen LogP contribution >= 0.6 is 0 Å². The van der Waals surface area contributed by atoms with Gasteiger partial charge in [0, 0.05) is 13.1 Å². The Hall–Kier alpha value is -2.34. The molecule has 3 rings (SSSR count). The van der Waals surface area contributed by atoms with Gasteiger partial charge < -0.3 is 4.90 Å². The highest BCUT2D eigenvalue weighted by Crippen LogP contribution is 2.23. The zero-order valence-corrected chi connectivity index (χ0v) is 15.6. The van der Waals surface area contributed by atoms with Crippen molar-refractivity contribution in [2.45, 2.75) is 30.6 Å². The molecule has 1 fully saturated rings. The monoisotopic (exact) mass is 372 g/mol. The Morgan fingerprint density at radius 3 is 1.96 bits per heavy atom. The molecule has 0 radical (unpaired) electrons. The molecule has 138 valence electrons. The summed E-state index contributed by atoms with van der Waals surface area (Å²) in [5.41, 5.74) is 0.500. The molecule has 0 atom stereocenters. The van der Waals surface area contributed by atoms with E-state index in [4.69, 9.17) is 0 Å². The SMILES string of the molecule is O=C(CN(c1ccccc1)S(=O)(=O)c1ccccc1)N1CCCCCC1. The maximum atomic E-state index is 13.2. The molecule has 0 spiro atoms. The van der Waals surface area contributed by atoms with Crippen LogP contribution in [0.1, 0.15) is 25.7 Å². The summed E-state index contributed by atoms with van der Waals surface area (Å²) in [5, 5.41) is 0. The third-order valence-electron chi connectivity index (χ3n) is 4.61. The Labute approximate surface area is 155 Å². The van der Waals surface area contributed by atoms with Gasteiger partial charge in [-0.15, -0.1) is 0 Å². The van der Waals surface area contributed by atoms with Crippen molar-refractivity contribution in [3.63, 3.8) is 0 Å². The molecule has 0 bridgehead atoms. The number of carbonyl (C=O) groups is 1. The first kappa shape index (κ1) is 18.5. The molecule has 1 aliphatic heterocycles. The van der Waals surface area contributed by atoms with Crippen molar-refractivity contribution in [1.82, 2.24) is 4.90 Å². The van der Waals surface area contributed by atoms with Crippen LogP contribution in [0.2, 0.25) is 0 Å². The maximum absolute atomic E-state index is 13.2. The molecule has 1 aliphatic rings. The van der Waals surface area contributed by atoms with E-state index in [-0.39, 0.29) is 17.3 Å². The van der Waals surface area contributed by atoms with Crippen molar-refractivity contribution in [3.8, 4) is 0 Å². The van der Waals surface area contributed by atoms with E-state index in [2.05, 4.69) is 0 Å². The lowest BCUT2D eigenvalue weighted by atomic mass is 10.2. The van der Waals surface area contributed by atoms with Crippen LogP contribution in [-0.4, -0.2) is 38.9 Å². The summed E-state index contributed by atoms with van der Waals surface area (Å²) in [6.07, 6.45) is 4.19. The molecule has 5 nitrogen and oxygen atoms in total. The lowest BCUT2D eigenvalue weighted by Gasteiger charge is -2.27. The van der Waals surface area contributed by atoms with Crippen molar-refractivity contribution in [2.24, 2.45) is 0 Å². The second-order valence-electron chi connectivity index (χ2n) is 6.46. The Kier molecular flexibility index (Phi) is 5.93. The largest absolute Gasteiger partial charge is 0.341 e. The highest BCUT2D eigenvalue weighted by atomic mass is 32.2. The lowest BCUT2D eigenvalue weighted by molar-refractivity contribution is -0.129. The zero-order chi connectivity index (χ0) is 18.4. The highest BCUT2D eigenvalue weighted by Gasteiger charge is 2.28. The fraction of sp³-hybridized carbons (Fsp3) is 0.350. The average molecular weight is 372 g/mol. The molecule has 0 N–H and O–H groups in total. The Bertz CT molecular complexity index is 815. The van der Waals surface area contributed by atoms with Gasteiger partial charge in [0.2, 0.25) is 5.91 Å². The van der Waals surface area contributed by atoms with Crippen molar-refractivity contribution in [3.05, 3.63) is 60.7 Å². The smallest absolute Gasteiger partial charge is 0.264 e. The zero-order valence-electron chi connectivity index (χ0n) is 14.8. The molecule has 1 heterocycles. The van der Waals surface area contributed by atoms with Gasteiger partial charge in [-0.2, -0.15) is 0 Å². The number of hydrogen-bond acceptors (Lipinski definition) is 3. The van der Waals surface area contributed by atoms with Gasteiger partial charge >= 0.3 is 0 Å². The second kappa shape index (κ2) is 8.36. The summed E-state index contributed by atoms with van der Waals surface area (Å²) in [5.74, 6) is -0.143. The molecule has 26 heavy (non-hydrogen) atoms. The molecule has 1 amide bonds. The predicted molar refractivity (Wildman–Crippen MR) is 102 cm³/mol. The van der Waals surface area contributed by atoms with Crippen LogP contribution in [0.25, 0.3) is 0 Å². The summed E-state index contributed by atoms with van der Waals surface area (Å²) < 4.78 is 27.6. The minimum atomic E-state index is -3.81.